The van der Waals surface area contributed by atoms with Gasteiger partial charge in [-0.1, -0.05) is 47.6 Å². The number of Topliss-reactive ketones (excluding diaryl/α,β-unsaturated/α-hetero) is 1. The number of aryl methyl sites for hydroxylation is 1. The molecule has 1 aliphatic rings. The van der Waals surface area contributed by atoms with Gasteiger partial charge in [0.1, 0.15) is 11.5 Å². The van der Waals surface area contributed by atoms with E-state index in [0.29, 0.717) is 18.1 Å². The van der Waals surface area contributed by atoms with Crippen LogP contribution in [0.1, 0.15) is 37.7 Å². The topological polar surface area (TPSA) is 34.9 Å². The number of ketones is 1. The van der Waals surface area contributed by atoms with Crippen molar-refractivity contribution in [2.24, 2.45) is 0 Å². The third kappa shape index (κ3) is 4.12. The molecule has 1 aliphatic carbocycles. The molecule has 1 atom stereocenters. The van der Waals surface area contributed by atoms with Crippen LogP contribution in [0.4, 0.5) is 0 Å². The second-order valence-corrected chi connectivity index (χ2v) is 8.41. The van der Waals surface area contributed by atoms with E-state index in [-0.39, 0.29) is 0 Å². The summed E-state index contributed by atoms with van der Waals surface area (Å²) in [6.07, 6.45) is 4.47. The molecule has 3 nitrogen and oxygen atoms in total. The first-order chi connectivity index (χ1) is 13.1. The first kappa shape index (κ1) is 18.3. The first-order valence-electron chi connectivity index (χ1n) is 9.25. The Bertz CT molecular complexity index is 947. The van der Waals surface area contributed by atoms with Crippen LogP contribution in [0.25, 0.3) is 11.3 Å². The molecule has 0 N–H and O–H groups in total. The summed E-state index contributed by atoms with van der Waals surface area (Å²) in [5, 5.41) is 5.51. The van der Waals surface area contributed by atoms with Gasteiger partial charge in [0.25, 0.3) is 0 Å². The fraction of sp³-hybridized carbons (Fsp3) is 0.273. The number of benzene rings is 2. The Morgan fingerprint density at radius 1 is 1.15 bits per heavy atom. The SMILES string of the molecule is CCn1cc(Sc2ccc(Cl)cc2)c(-c2ccc(C3CCC(=O)C3)cc2)n1. The monoisotopic (exact) mass is 396 g/mol. The summed E-state index contributed by atoms with van der Waals surface area (Å²) < 4.78 is 1.97. The van der Waals surface area contributed by atoms with Crippen molar-refractivity contribution in [2.45, 2.75) is 48.4 Å². The molecule has 1 heterocycles. The predicted octanol–water partition coefficient (Wildman–Crippen LogP) is 6.21. The van der Waals surface area contributed by atoms with Gasteiger partial charge < -0.3 is 0 Å². The van der Waals surface area contributed by atoms with Gasteiger partial charge in [0, 0.05) is 41.1 Å². The number of aromatic nitrogens is 2. The zero-order valence-electron chi connectivity index (χ0n) is 15.2. The normalized spacial score (nSPS) is 16.8. The average molecular weight is 397 g/mol. The molecule has 27 heavy (non-hydrogen) atoms. The smallest absolute Gasteiger partial charge is 0.133 e. The van der Waals surface area contributed by atoms with Crippen LogP contribution in [-0.4, -0.2) is 15.6 Å². The maximum atomic E-state index is 11.6. The van der Waals surface area contributed by atoms with Gasteiger partial charge in [-0.2, -0.15) is 5.10 Å². The van der Waals surface area contributed by atoms with Crippen molar-refractivity contribution in [3.05, 3.63) is 65.3 Å². The zero-order valence-corrected chi connectivity index (χ0v) is 16.8. The highest BCUT2D eigenvalue weighted by Crippen LogP contribution is 2.37. The summed E-state index contributed by atoms with van der Waals surface area (Å²) >= 11 is 7.70. The van der Waals surface area contributed by atoms with E-state index in [1.807, 2.05) is 28.9 Å². The molecule has 0 aliphatic heterocycles. The lowest BCUT2D eigenvalue weighted by Crippen LogP contribution is -1.95. The van der Waals surface area contributed by atoms with Crippen molar-refractivity contribution in [2.75, 3.05) is 0 Å². The van der Waals surface area contributed by atoms with Gasteiger partial charge in [0.2, 0.25) is 0 Å². The third-order valence-corrected chi connectivity index (χ3v) is 6.27. The Morgan fingerprint density at radius 3 is 2.52 bits per heavy atom. The van der Waals surface area contributed by atoms with Crippen LogP contribution >= 0.6 is 23.4 Å². The van der Waals surface area contributed by atoms with Gasteiger partial charge in [0.15, 0.2) is 0 Å². The lowest BCUT2D eigenvalue weighted by Gasteiger charge is -2.09. The molecule has 0 saturated heterocycles. The molecule has 1 aromatic heterocycles. The molecule has 1 fully saturated rings. The van der Waals surface area contributed by atoms with Crippen LogP contribution in [0.15, 0.2) is 64.5 Å². The van der Waals surface area contributed by atoms with Crippen LogP contribution in [0, 0.1) is 0 Å². The summed E-state index contributed by atoms with van der Waals surface area (Å²) in [5.74, 6) is 0.759. The summed E-state index contributed by atoms with van der Waals surface area (Å²) in [6, 6.07) is 16.4. The molecule has 1 unspecified atom stereocenters. The zero-order chi connectivity index (χ0) is 18.8. The average Bonchev–Trinajstić information content (AvgIpc) is 3.30. The Labute approximate surface area is 168 Å². The van der Waals surface area contributed by atoms with Gasteiger partial charge in [-0.3, -0.25) is 9.48 Å². The maximum Gasteiger partial charge on any atom is 0.133 e. The van der Waals surface area contributed by atoms with Crippen molar-refractivity contribution < 1.29 is 4.79 Å². The minimum absolute atomic E-state index is 0.377. The number of rotatable bonds is 5. The van der Waals surface area contributed by atoms with E-state index < -0.39 is 0 Å². The standard InChI is InChI=1S/C22H21ClN2OS/c1-2-25-14-21(27-20-11-8-18(23)9-12-20)22(24-25)16-5-3-15(4-6-16)17-7-10-19(26)13-17/h3-6,8-9,11-12,14,17H,2,7,10,13H2,1H3. The Kier molecular flexibility index (Phi) is 5.37. The predicted molar refractivity (Wildman–Crippen MR) is 111 cm³/mol. The van der Waals surface area contributed by atoms with E-state index in [2.05, 4.69) is 37.4 Å². The summed E-state index contributed by atoms with van der Waals surface area (Å²) in [6.45, 7) is 2.92. The molecule has 0 amide bonds. The first-order valence-corrected chi connectivity index (χ1v) is 10.4. The number of hydrogen-bond acceptors (Lipinski definition) is 3. The highest BCUT2D eigenvalue weighted by molar-refractivity contribution is 7.99. The molecule has 5 heteroatoms. The third-order valence-electron chi connectivity index (χ3n) is 4.99. The van der Waals surface area contributed by atoms with Crippen LogP contribution in [0.3, 0.4) is 0 Å². The van der Waals surface area contributed by atoms with Crippen LogP contribution in [0.5, 0.6) is 0 Å². The summed E-state index contributed by atoms with van der Waals surface area (Å²) in [7, 11) is 0. The van der Waals surface area contributed by atoms with E-state index in [1.54, 1.807) is 11.8 Å². The fourth-order valence-corrected chi connectivity index (χ4v) is 4.56. The van der Waals surface area contributed by atoms with Crippen molar-refractivity contribution in [3.8, 4) is 11.3 Å². The van der Waals surface area contributed by atoms with Crippen LogP contribution < -0.4 is 0 Å². The summed E-state index contributed by atoms with van der Waals surface area (Å²) in [4.78, 5) is 13.8. The van der Waals surface area contributed by atoms with Crippen LogP contribution in [0.2, 0.25) is 5.02 Å². The molecule has 138 valence electrons. The number of carbonyl (C=O) groups is 1. The Hall–Kier alpha value is -2.04. The lowest BCUT2D eigenvalue weighted by atomic mass is 9.96. The van der Waals surface area contributed by atoms with Crippen molar-refractivity contribution in [1.29, 1.82) is 0 Å². The molecule has 3 aromatic rings. The number of hydrogen-bond donors (Lipinski definition) is 0. The van der Waals surface area contributed by atoms with Gasteiger partial charge >= 0.3 is 0 Å². The number of halogens is 1. The fourth-order valence-electron chi connectivity index (χ4n) is 3.48. The van der Waals surface area contributed by atoms with Gasteiger partial charge in [-0.15, -0.1) is 0 Å². The lowest BCUT2D eigenvalue weighted by molar-refractivity contribution is -0.117. The van der Waals surface area contributed by atoms with Crippen LogP contribution in [-0.2, 0) is 11.3 Å². The van der Waals surface area contributed by atoms with E-state index in [0.717, 1.165) is 45.5 Å². The van der Waals surface area contributed by atoms with E-state index >= 15 is 0 Å². The molecule has 2 aromatic carbocycles. The van der Waals surface area contributed by atoms with Gasteiger partial charge in [0.05, 0.1) is 4.90 Å². The van der Waals surface area contributed by atoms with E-state index in [1.165, 1.54) is 5.56 Å². The minimum atomic E-state index is 0.377. The molecule has 0 bridgehead atoms. The molecular formula is C22H21ClN2OS. The molecule has 0 spiro atoms. The number of carbonyl (C=O) groups excluding carboxylic acids is 1. The molecule has 4 rings (SSSR count). The van der Waals surface area contributed by atoms with Crippen molar-refractivity contribution in [3.63, 3.8) is 0 Å². The largest absolute Gasteiger partial charge is 0.300 e. The van der Waals surface area contributed by atoms with Gasteiger partial charge in [-0.25, -0.2) is 0 Å². The Balaban J connectivity index is 1.61. The number of nitrogens with zero attached hydrogens (tertiary/aromatic N) is 2. The van der Waals surface area contributed by atoms with E-state index in [9.17, 15) is 4.79 Å². The summed E-state index contributed by atoms with van der Waals surface area (Å²) in [5.41, 5.74) is 3.35. The van der Waals surface area contributed by atoms with Crippen molar-refractivity contribution in [1.82, 2.24) is 9.78 Å². The second kappa shape index (κ2) is 7.91. The second-order valence-electron chi connectivity index (χ2n) is 6.85. The van der Waals surface area contributed by atoms with Crippen molar-refractivity contribution >= 4 is 29.1 Å². The molecule has 1 saturated carbocycles. The van der Waals surface area contributed by atoms with E-state index in [4.69, 9.17) is 16.7 Å². The highest BCUT2D eigenvalue weighted by atomic mass is 35.5. The minimum Gasteiger partial charge on any atom is -0.300 e. The molecular weight excluding hydrogens is 376 g/mol. The quantitative estimate of drug-likeness (QED) is 0.514. The maximum absolute atomic E-state index is 11.6. The Morgan fingerprint density at radius 2 is 1.89 bits per heavy atom. The molecule has 0 radical (unpaired) electrons. The highest BCUT2D eigenvalue weighted by Gasteiger charge is 2.23. The van der Waals surface area contributed by atoms with Gasteiger partial charge in [-0.05, 0) is 49.1 Å².